The summed E-state index contributed by atoms with van der Waals surface area (Å²) >= 11 is 13.7. The molecule has 0 heterocycles. The van der Waals surface area contributed by atoms with E-state index in [1.165, 1.54) is 11.8 Å². The van der Waals surface area contributed by atoms with Gasteiger partial charge in [0.15, 0.2) is 0 Å². The summed E-state index contributed by atoms with van der Waals surface area (Å²) < 4.78 is 0. The van der Waals surface area contributed by atoms with Gasteiger partial charge >= 0.3 is 0 Å². The Labute approximate surface area is 234 Å². The Balaban J connectivity index is 1.87. The maximum absolute atomic E-state index is 13.7. The van der Waals surface area contributed by atoms with Crippen LogP contribution in [-0.4, -0.2) is 34.0 Å². The van der Waals surface area contributed by atoms with Crippen LogP contribution in [0.15, 0.2) is 72.8 Å². The smallest absolute Gasteiger partial charge is 0.243 e. The highest BCUT2D eigenvalue weighted by atomic mass is 35.5. The van der Waals surface area contributed by atoms with E-state index in [9.17, 15) is 9.59 Å². The maximum Gasteiger partial charge on any atom is 0.243 e. The van der Waals surface area contributed by atoms with E-state index in [-0.39, 0.29) is 17.6 Å². The molecule has 1 N–H and O–H groups in total. The van der Waals surface area contributed by atoms with Crippen molar-refractivity contribution in [1.82, 2.24) is 10.2 Å². The molecule has 0 saturated carbocycles. The van der Waals surface area contributed by atoms with Crippen molar-refractivity contribution >= 4 is 46.8 Å². The molecule has 0 fully saturated rings. The van der Waals surface area contributed by atoms with Crippen LogP contribution in [0, 0.1) is 6.92 Å². The predicted molar refractivity (Wildman–Crippen MR) is 156 cm³/mol. The monoisotopic (exact) mass is 556 g/mol. The number of carbonyl (C=O) groups is 2. The highest BCUT2D eigenvalue weighted by Gasteiger charge is 2.32. The molecule has 3 rings (SSSR count). The summed E-state index contributed by atoms with van der Waals surface area (Å²) in [4.78, 5) is 29.0. The molecule has 0 bridgehead atoms. The molecule has 0 radical (unpaired) electrons. The fraction of sp³-hybridized carbons (Fsp3) is 0.333. The number of benzene rings is 3. The number of halogens is 2. The van der Waals surface area contributed by atoms with Gasteiger partial charge in [0.1, 0.15) is 6.04 Å². The average Bonchev–Trinajstić information content (AvgIpc) is 2.83. The van der Waals surface area contributed by atoms with E-state index in [4.69, 9.17) is 23.2 Å². The number of nitrogens with zero attached hydrogens (tertiary/aromatic N) is 1. The van der Waals surface area contributed by atoms with Crippen molar-refractivity contribution in [3.63, 3.8) is 0 Å². The first-order valence-corrected chi connectivity index (χ1v) is 14.2. The standard InChI is InChI=1S/C30H34Cl2N2O2S/c1-21-9-8-12-23(15-21)18-34(28(35)20-37-19-24-13-14-25(31)26(32)16-24)27(29(36)33-30(2,3)4)17-22-10-6-5-7-11-22/h5-16,27H,17-20H2,1-4H3,(H,33,36)/t27-/m0/s1. The number of hydrogen-bond donors (Lipinski definition) is 1. The number of aryl methyl sites for hydroxylation is 1. The summed E-state index contributed by atoms with van der Waals surface area (Å²) in [6.07, 6.45) is 0.428. The molecular formula is C30H34Cl2N2O2S. The highest BCUT2D eigenvalue weighted by molar-refractivity contribution is 7.99. The topological polar surface area (TPSA) is 49.4 Å². The first-order valence-electron chi connectivity index (χ1n) is 12.2. The van der Waals surface area contributed by atoms with Gasteiger partial charge in [0, 0.05) is 24.3 Å². The molecule has 0 saturated heterocycles. The van der Waals surface area contributed by atoms with Gasteiger partial charge in [-0.25, -0.2) is 0 Å². The molecule has 37 heavy (non-hydrogen) atoms. The number of hydrogen-bond acceptors (Lipinski definition) is 3. The van der Waals surface area contributed by atoms with Gasteiger partial charge in [-0.3, -0.25) is 9.59 Å². The molecule has 1 atom stereocenters. The Hall–Kier alpha value is -2.47. The normalized spacial score (nSPS) is 12.2. The van der Waals surface area contributed by atoms with Gasteiger partial charge in [-0.2, -0.15) is 0 Å². The SMILES string of the molecule is Cc1cccc(CN(C(=O)CSCc2ccc(Cl)c(Cl)c2)[C@@H](Cc2ccccc2)C(=O)NC(C)(C)C)c1. The van der Waals surface area contributed by atoms with E-state index in [1.54, 1.807) is 11.0 Å². The lowest BCUT2D eigenvalue weighted by Crippen LogP contribution is -2.54. The van der Waals surface area contributed by atoms with E-state index in [0.717, 1.165) is 22.3 Å². The van der Waals surface area contributed by atoms with Crippen molar-refractivity contribution in [2.75, 3.05) is 5.75 Å². The molecule has 3 aromatic rings. The lowest BCUT2D eigenvalue weighted by atomic mass is 10.0. The second kappa shape index (κ2) is 13.4. The fourth-order valence-corrected chi connectivity index (χ4v) is 5.16. The summed E-state index contributed by atoms with van der Waals surface area (Å²) in [5.41, 5.74) is 3.67. The van der Waals surface area contributed by atoms with Crippen LogP contribution in [0.1, 0.15) is 43.0 Å². The third kappa shape index (κ3) is 9.41. The average molecular weight is 558 g/mol. The minimum atomic E-state index is -0.653. The van der Waals surface area contributed by atoms with Gasteiger partial charge in [-0.15, -0.1) is 11.8 Å². The zero-order valence-corrected chi connectivity index (χ0v) is 24.1. The van der Waals surface area contributed by atoms with Crippen molar-refractivity contribution < 1.29 is 9.59 Å². The van der Waals surface area contributed by atoms with Crippen molar-refractivity contribution in [3.8, 4) is 0 Å². The highest BCUT2D eigenvalue weighted by Crippen LogP contribution is 2.25. The van der Waals surface area contributed by atoms with E-state index >= 15 is 0 Å². The van der Waals surface area contributed by atoms with Gasteiger partial charge in [0.25, 0.3) is 0 Å². The summed E-state index contributed by atoms with van der Waals surface area (Å²) in [6.45, 7) is 8.22. The van der Waals surface area contributed by atoms with Crippen LogP contribution in [0.2, 0.25) is 10.0 Å². The van der Waals surface area contributed by atoms with Gasteiger partial charge in [0.05, 0.1) is 15.8 Å². The summed E-state index contributed by atoms with van der Waals surface area (Å²) in [5, 5.41) is 4.10. The van der Waals surface area contributed by atoms with Crippen LogP contribution in [0.4, 0.5) is 0 Å². The lowest BCUT2D eigenvalue weighted by Gasteiger charge is -2.34. The lowest BCUT2D eigenvalue weighted by molar-refractivity contribution is -0.140. The maximum atomic E-state index is 13.7. The van der Waals surface area contributed by atoms with Crippen LogP contribution in [0.5, 0.6) is 0 Å². The van der Waals surface area contributed by atoms with Gasteiger partial charge in [0.2, 0.25) is 11.8 Å². The molecule has 7 heteroatoms. The number of carbonyl (C=O) groups excluding carboxylic acids is 2. The molecular weight excluding hydrogens is 523 g/mol. The molecule has 0 aromatic heterocycles. The first-order chi connectivity index (χ1) is 17.5. The van der Waals surface area contributed by atoms with Crippen molar-refractivity contribution in [1.29, 1.82) is 0 Å². The van der Waals surface area contributed by atoms with Gasteiger partial charge in [-0.05, 0) is 56.5 Å². The largest absolute Gasteiger partial charge is 0.350 e. The molecule has 4 nitrogen and oxygen atoms in total. The predicted octanol–water partition coefficient (Wildman–Crippen LogP) is 7.09. The van der Waals surface area contributed by atoms with E-state index in [1.807, 2.05) is 88.4 Å². The van der Waals surface area contributed by atoms with E-state index in [0.29, 0.717) is 28.8 Å². The second-order valence-electron chi connectivity index (χ2n) is 10.2. The van der Waals surface area contributed by atoms with Crippen LogP contribution in [0.25, 0.3) is 0 Å². The van der Waals surface area contributed by atoms with Crippen LogP contribution in [-0.2, 0) is 28.3 Å². The summed E-state index contributed by atoms with van der Waals surface area (Å²) in [5.74, 6) is 0.599. The Morgan fingerprint density at radius 1 is 0.892 bits per heavy atom. The van der Waals surface area contributed by atoms with Crippen LogP contribution < -0.4 is 5.32 Å². The molecule has 0 aliphatic rings. The zero-order valence-electron chi connectivity index (χ0n) is 21.8. The number of rotatable bonds is 10. The third-order valence-electron chi connectivity index (χ3n) is 5.68. The fourth-order valence-electron chi connectivity index (χ4n) is 3.98. The Morgan fingerprint density at radius 2 is 1.59 bits per heavy atom. The van der Waals surface area contributed by atoms with Crippen molar-refractivity contribution in [2.24, 2.45) is 0 Å². The quantitative estimate of drug-likeness (QED) is 0.290. The number of nitrogens with one attached hydrogen (secondary N) is 1. The van der Waals surface area contributed by atoms with E-state index < -0.39 is 11.6 Å². The second-order valence-corrected chi connectivity index (χ2v) is 12.0. The first kappa shape index (κ1) is 29.1. The van der Waals surface area contributed by atoms with Gasteiger partial charge < -0.3 is 10.2 Å². The Bertz CT molecular complexity index is 1210. The molecule has 3 aromatic carbocycles. The molecule has 196 valence electrons. The number of amides is 2. The summed E-state index contributed by atoms with van der Waals surface area (Å²) in [6, 6.07) is 22.7. The Morgan fingerprint density at radius 3 is 2.24 bits per heavy atom. The zero-order chi connectivity index (χ0) is 27.0. The summed E-state index contributed by atoms with van der Waals surface area (Å²) in [7, 11) is 0. The Kier molecular flexibility index (Phi) is 10.5. The van der Waals surface area contributed by atoms with Crippen LogP contribution >= 0.6 is 35.0 Å². The molecule has 0 aliphatic heterocycles. The van der Waals surface area contributed by atoms with Crippen LogP contribution in [0.3, 0.4) is 0 Å². The van der Waals surface area contributed by atoms with Crippen molar-refractivity contribution in [2.45, 2.75) is 58.0 Å². The number of thioether (sulfide) groups is 1. The van der Waals surface area contributed by atoms with E-state index in [2.05, 4.69) is 11.4 Å². The molecule has 0 aliphatic carbocycles. The minimum Gasteiger partial charge on any atom is -0.350 e. The van der Waals surface area contributed by atoms with Gasteiger partial charge in [-0.1, -0.05) is 89.4 Å². The van der Waals surface area contributed by atoms with Crippen molar-refractivity contribution in [3.05, 3.63) is 105 Å². The molecule has 0 spiro atoms. The molecule has 2 amide bonds. The molecule has 0 unspecified atom stereocenters. The third-order valence-corrected chi connectivity index (χ3v) is 7.41. The minimum absolute atomic E-state index is 0.0865.